The lowest BCUT2D eigenvalue weighted by Crippen LogP contribution is -2.51. The molecule has 1 aromatic carbocycles. The molecule has 186 valence electrons. The number of thioether (sulfide) groups is 1. The lowest BCUT2D eigenvalue weighted by Gasteiger charge is -2.55. The summed E-state index contributed by atoms with van der Waals surface area (Å²) in [5.74, 6) is 1.28. The van der Waals surface area contributed by atoms with Crippen LogP contribution in [0.25, 0.3) is 6.08 Å². The zero-order valence-corrected chi connectivity index (χ0v) is 20.7. The van der Waals surface area contributed by atoms with Gasteiger partial charge in [-0.1, -0.05) is 6.07 Å². The molecule has 4 aliphatic carbocycles. The quantitative estimate of drug-likeness (QED) is 0.309. The second-order valence-corrected chi connectivity index (χ2v) is 11.1. The number of benzene rings is 1. The van der Waals surface area contributed by atoms with E-state index in [2.05, 4.69) is 0 Å². The van der Waals surface area contributed by atoms with Gasteiger partial charge in [0.15, 0.2) is 11.5 Å². The largest absolute Gasteiger partial charge is 0.493 e. The first-order valence-electron chi connectivity index (χ1n) is 12.1. The zero-order valence-electron chi connectivity index (χ0n) is 19.9. The van der Waals surface area contributed by atoms with E-state index in [4.69, 9.17) is 14.2 Å². The number of amides is 2. The van der Waals surface area contributed by atoms with Crippen LogP contribution < -0.4 is 9.47 Å². The lowest BCUT2D eigenvalue weighted by molar-refractivity contribution is -0.161. The highest BCUT2D eigenvalue weighted by Gasteiger charge is 2.55. The van der Waals surface area contributed by atoms with Gasteiger partial charge in [-0.15, -0.1) is 0 Å². The van der Waals surface area contributed by atoms with Crippen LogP contribution in [0.1, 0.15) is 51.0 Å². The van der Waals surface area contributed by atoms with Gasteiger partial charge in [0, 0.05) is 0 Å². The van der Waals surface area contributed by atoms with Gasteiger partial charge in [-0.3, -0.25) is 24.1 Å². The molecule has 1 aromatic rings. The van der Waals surface area contributed by atoms with E-state index in [1.54, 1.807) is 31.2 Å². The second-order valence-electron chi connectivity index (χ2n) is 10.1. The van der Waals surface area contributed by atoms with Crippen LogP contribution >= 0.6 is 11.8 Å². The van der Waals surface area contributed by atoms with E-state index in [0.29, 0.717) is 34.8 Å². The Kier molecular flexibility index (Phi) is 6.38. The molecule has 0 radical (unpaired) electrons. The maximum atomic E-state index is 13.3. The molecule has 0 N–H and O–H groups in total. The van der Waals surface area contributed by atoms with Crippen LogP contribution in [0, 0.1) is 23.2 Å². The number of esters is 2. The summed E-state index contributed by atoms with van der Waals surface area (Å²) < 4.78 is 16.2. The Hall–Kier alpha value is -2.81. The van der Waals surface area contributed by atoms with Gasteiger partial charge < -0.3 is 14.2 Å². The first-order valence-corrected chi connectivity index (χ1v) is 12.9. The van der Waals surface area contributed by atoms with Gasteiger partial charge in [-0.05, 0) is 98.7 Å². The van der Waals surface area contributed by atoms with E-state index in [1.807, 2.05) is 0 Å². The molecule has 1 saturated heterocycles. The minimum atomic E-state index is -0.636. The van der Waals surface area contributed by atoms with Crippen molar-refractivity contribution >= 4 is 40.9 Å². The number of nitrogens with zero attached hydrogens (tertiary/aromatic N) is 1. The standard InChI is InChI=1S/C26H29NO7S/c1-3-33-22(28)14-27-23(29)21(35-25(27)31)10-15-4-5-19(20(9-15)32-2)34-24(30)26-11-16-6-17(12-26)8-18(7-16)13-26/h4-5,9-10,16-18H,3,6-8,11-14H2,1-2H3/b21-10-. The first-order chi connectivity index (χ1) is 16.8. The summed E-state index contributed by atoms with van der Waals surface area (Å²) in [6, 6.07) is 5.04. The summed E-state index contributed by atoms with van der Waals surface area (Å²) in [7, 11) is 1.49. The van der Waals surface area contributed by atoms with Crippen LogP contribution in [0.2, 0.25) is 0 Å². The number of imide groups is 1. The van der Waals surface area contributed by atoms with Crippen LogP contribution in [0.15, 0.2) is 23.1 Å². The molecule has 1 aliphatic heterocycles. The highest BCUT2D eigenvalue weighted by Crippen LogP contribution is 2.60. The number of hydrogen-bond acceptors (Lipinski definition) is 8. The molecule has 0 aromatic heterocycles. The number of carbonyl (C=O) groups is 4. The van der Waals surface area contributed by atoms with E-state index in [-0.39, 0.29) is 22.9 Å². The van der Waals surface area contributed by atoms with Crippen molar-refractivity contribution in [3.05, 3.63) is 28.7 Å². The average molecular weight is 500 g/mol. The Morgan fingerprint density at radius 3 is 2.34 bits per heavy atom. The predicted molar refractivity (Wildman–Crippen MR) is 129 cm³/mol. The van der Waals surface area contributed by atoms with Crippen molar-refractivity contribution < 1.29 is 33.4 Å². The Bertz CT molecular complexity index is 1080. The van der Waals surface area contributed by atoms with Gasteiger partial charge in [-0.25, -0.2) is 0 Å². The number of hydrogen-bond donors (Lipinski definition) is 0. The van der Waals surface area contributed by atoms with E-state index in [0.717, 1.165) is 35.9 Å². The number of rotatable bonds is 7. The number of ether oxygens (including phenoxy) is 3. The fourth-order valence-electron chi connectivity index (χ4n) is 6.55. The van der Waals surface area contributed by atoms with E-state index >= 15 is 0 Å². The third kappa shape index (κ3) is 4.58. The molecule has 2 amide bonds. The van der Waals surface area contributed by atoms with E-state index in [1.165, 1.54) is 26.4 Å². The maximum absolute atomic E-state index is 13.3. The molecule has 9 heteroatoms. The molecule has 4 saturated carbocycles. The molecule has 5 aliphatic rings. The monoisotopic (exact) mass is 499 g/mol. The van der Waals surface area contributed by atoms with Crippen molar-refractivity contribution in [1.82, 2.24) is 4.90 Å². The van der Waals surface area contributed by atoms with Gasteiger partial charge in [0.2, 0.25) is 0 Å². The highest BCUT2D eigenvalue weighted by molar-refractivity contribution is 8.18. The summed E-state index contributed by atoms with van der Waals surface area (Å²) in [4.78, 5) is 51.0. The highest BCUT2D eigenvalue weighted by atomic mass is 32.2. The van der Waals surface area contributed by atoms with E-state index in [9.17, 15) is 19.2 Å². The Balaban J connectivity index is 1.30. The summed E-state index contributed by atoms with van der Waals surface area (Å²) >= 11 is 0.762. The minimum absolute atomic E-state index is 0.164. The van der Waals surface area contributed by atoms with Crippen molar-refractivity contribution in [2.75, 3.05) is 20.3 Å². The zero-order chi connectivity index (χ0) is 24.7. The smallest absolute Gasteiger partial charge is 0.326 e. The second kappa shape index (κ2) is 9.33. The molecule has 0 atom stereocenters. The molecule has 1 heterocycles. The summed E-state index contributed by atoms with van der Waals surface area (Å²) in [5, 5.41) is -0.526. The normalized spacial score (nSPS) is 30.2. The molecule has 35 heavy (non-hydrogen) atoms. The van der Waals surface area contributed by atoms with Gasteiger partial charge in [-0.2, -0.15) is 0 Å². The Morgan fingerprint density at radius 1 is 1.09 bits per heavy atom. The van der Waals surface area contributed by atoms with Crippen LogP contribution in [0.3, 0.4) is 0 Å². The van der Waals surface area contributed by atoms with Crippen LogP contribution in [-0.2, 0) is 19.1 Å². The summed E-state index contributed by atoms with van der Waals surface area (Å²) in [6.45, 7) is 1.41. The molecule has 0 spiro atoms. The number of methoxy groups -OCH3 is 1. The fourth-order valence-corrected chi connectivity index (χ4v) is 7.39. The van der Waals surface area contributed by atoms with Crippen molar-refractivity contribution in [3.63, 3.8) is 0 Å². The van der Waals surface area contributed by atoms with Gasteiger partial charge in [0.05, 0.1) is 24.0 Å². The van der Waals surface area contributed by atoms with Gasteiger partial charge >= 0.3 is 11.9 Å². The topological polar surface area (TPSA) is 99.2 Å². The Labute approximate surface area is 208 Å². The Morgan fingerprint density at radius 2 is 1.74 bits per heavy atom. The fraction of sp³-hybridized carbons (Fsp3) is 0.538. The van der Waals surface area contributed by atoms with Crippen molar-refractivity contribution in [2.24, 2.45) is 23.2 Å². The SMILES string of the molecule is CCOC(=O)CN1C(=O)S/C(=C\c2ccc(OC(=O)C34CC5CC(CC(C5)C3)C4)c(OC)c2)C1=O. The molecule has 6 rings (SSSR count). The molecule has 8 nitrogen and oxygen atoms in total. The molecule has 0 unspecified atom stereocenters. The molecule has 4 bridgehead atoms. The average Bonchev–Trinajstić information content (AvgIpc) is 3.06. The van der Waals surface area contributed by atoms with Crippen LogP contribution in [0.4, 0.5) is 4.79 Å². The van der Waals surface area contributed by atoms with Crippen LogP contribution in [-0.4, -0.2) is 48.2 Å². The first kappa shape index (κ1) is 23.9. The van der Waals surface area contributed by atoms with Crippen LogP contribution in [0.5, 0.6) is 11.5 Å². The minimum Gasteiger partial charge on any atom is -0.493 e. The predicted octanol–water partition coefficient (Wildman–Crippen LogP) is 4.42. The van der Waals surface area contributed by atoms with Crippen molar-refractivity contribution in [3.8, 4) is 11.5 Å². The van der Waals surface area contributed by atoms with E-state index < -0.39 is 23.7 Å². The summed E-state index contributed by atoms with van der Waals surface area (Å²) in [6.07, 6.45) is 8.05. The lowest BCUT2D eigenvalue weighted by atomic mass is 9.49. The molecular formula is C26H29NO7S. The molecule has 5 fully saturated rings. The maximum Gasteiger partial charge on any atom is 0.326 e. The molecular weight excluding hydrogens is 470 g/mol. The third-order valence-electron chi connectivity index (χ3n) is 7.63. The van der Waals surface area contributed by atoms with Crippen molar-refractivity contribution in [2.45, 2.75) is 45.4 Å². The van der Waals surface area contributed by atoms with Gasteiger partial charge in [0.25, 0.3) is 11.1 Å². The number of carbonyl (C=O) groups excluding carboxylic acids is 4. The van der Waals surface area contributed by atoms with Crippen molar-refractivity contribution in [1.29, 1.82) is 0 Å². The third-order valence-corrected chi connectivity index (χ3v) is 8.53. The summed E-state index contributed by atoms with van der Waals surface area (Å²) in [5.41, 5.74) is 0.230. The van der Waals surface area contributed by atoms with Gasteiger partial charge in [0.1, 0.15) is 6.54 Å².